The summed E-state index contributed by atoms with van der Waals surface area (Å²) < 4.78 is 41.3. The number of carbonyl (C=O) groups is 1. The predicted octanol–water partition coefficient (Wildman–Crippen LogP) is 2.96. The molecular weight excluding hydrogens is 423 g/mol. The van der Waals surface area contributed by atoms with Crippen LogP contribution in [0.1, 0.15) is 33.5 Å². The summed E-state index contributed by atoms with van der Waals surface area (Å²) in [5, 5.41) is 10.8. The van der Waals surface area contributed by atoms with Gasteiger partial charge in [0.2, 0.25) is 5.88 Å². The average Bonchev–Trinajstić information content (AvgIpc) is 2.76. The molecule has 9 heteroatoms. The number of ether oxygens (including phenoxy) is 1. The molecule has 2 aromatic rings. The van der Waals surface area contributed by atoms with Crippen LogP contribution >= 0.6 is 0 Å². The Hall–Kier alpha value is -2.65. The smallest absolute Gasteiger partial charge is 0.422 e. The maximum Gasteiger partial charge on any atom is 0.422 e. The zero-order valence-electron chi connectivity index (χ0n) is 17.8. The molecule has 172 valence electrons. The zero-order chi connectivity index (χ0) is 22.9. The van der Waals surface area contributed by atoms with Crippen molar-refractivity contribution < 1.29 is 27.8 Å². The van der Waals surface area contributed by atoms with Crippen LogP contribution in [0.2, 0.25) is 0 Å². The van der Waals surface area contributed by atoms with Crippen LogP contribution in [-0.4, -0.2) is 70.4 Å². The first-order valence-electron chi connectivity index (χ1n) is 10.6. The number of hydrogen-bond donors (Lipinski definition) is 1. The van der Waals surface area contributed by atoms with E-state index in [1.54, 1.807) is 4.90 Å². The molecule has 3 heterocycles. The molecule has 4 rings (SSSR count). The fraction of sp³-hybridized carbons (Fsp3) is 0.478. The fourth-order valence-corrected chi connectivity index (χ4v) is 4.45. The van der Waals surface area contributed by atoms with Gasteiger partial charge < -0.3 is 14.7 Å². The highest BCUT2D eigenvalue weighted by Gasteiger charge is 2.35. The molecule has 6 nitrogen and oxygen atoms in total. The third-order valence-corrected chi connectivity index (χ3v) is 6.07. The number of nitrogens with zero attached hydrogens (tertiary/aromatic N) is 3. The average molecular weight is 449 g/mol. The van der Waals surface area contributed by atoms with Crippen LogP contribution < -0.4 is 4.74 Å². The SMILES string of the molecule is Cc1ccc2c(c1)CCN([C@H]1CCN(C(=O)c3ccc(OCC(F)(F)F)nc3)C[C@@H]1O)C2. The van der Waals surface area contributed by atoms with Crippen molar-refractivity contribution in [2.45, 2.75) is 44.6 Å². The number of likely N-dealkylation sites (tertiary alicyclic amines) is 1. The molecule has 1 saturated heterocycles. The number of carbonyl (C=O) groups excluding carboxylic acids is 1. The van der Waals surface area contributed by atoms with E-state index in [0.717, 1.165) is 19.5 Å². The standard InChI is InChI=1S/C23H26F3N3O3/c1-15-2-3-18-12-28(8-6-16(18)10-15)19-7-9-29(13-20(19)30)22(31)17-4-5-21(27-11-17)32-14-23(24,25)26/h2-5,10-11,19-20,30H,6-9,12-14H2,1H3/t19-,20-/m0/s1. The highest BCUT2D eigenvalue weighted by Crippen LogP contribution is 2.27. The molecular formula is C23H26F3N3O3. The molecule has 0 radical (unpaired) electrons. The Balaban J connectivity index is 1.34. The van der Waals surface area contributed by atoms with E-state index in [1.807, 2.05) is 0 Å². The predicted molar refractivity (Wildman–Crippen MR) is 111 cm³/mol. The second kappa shape index (κ2) is 9.07. The molecule has 1 amide bonds. The van der Waals surface area contributed by atoms with Gasteiger partial charge in [-0.1, -0.05) is 23.8 Å². The number of pyridine rings is 1. The lowest BCUT2D eigenvalue weighted by Gasteiger charge is -2.43. The molecule has 0 aliphatic carbocycles. The highest BCUT2D eigenvalue weighted by atomic mass is 19.4. The first-order valence-corrected chi connectivity index (χ1v) is 10.6. The van der Waals surface area contributed by atoms with Crippen LogP contribution in [-0.2, 0) is 13.0 Å². The van der Waals surface area contributed by atoms with Crippen molar-refractivity contribution in [2.75, 3.05) is 26.2 Å². The molecule has 0 saturated carbocycles. The van der Waals surface area contributed by atoms with Crippen LogP contribution in [0, 0.1) is 6.92 Å². The van der Waals surface area contributed by atoms with E-state index in [1.165, 1.54) is 35.0 Å². The van der Waals surface area contributed by atoms with E-state index in [-0.39, 0.29) is 29.9 Å². The summed E-state index contributed by atoms with van der Waals surface area (Å²) in [7, 11) is 0. The van der Waals surface area contributed by atoms with Gasteiger partial charge in [-0.05, 0) is 37.0 Å². The van der Waals surface area contributed by atoms with Crippen LogP contribution in [0.15, 0.2) is 36.5 Å². The number of benzene rings is 1. The highest BCUT2D eigenvalue weighted by molar-refractivity contribution is 5.94. The van der Waals surface area contributed by atoms with Gasteiger partial charge in [0.05, 0.1) is 11.7 Å². The summed E-state index contributed by atoms with van der Waals surface area (Å²) in [5.41, 5.74) is 4.14. The van der Waals surface area contributed by atoms with Crippen LogP contribution in [0.25, 0.3) is 0 Å². The van der Waals surface area contributed by atoms with Gasteiger partial charge in [0.1, 0.15) is 0 Å². The van der Waals surface area contributed by atoms with Gasteiger partial charge >= 0.3 is 6.18 Å². The fourth-order valence-electron chi connectivity index (χ4n) is 4.45. The number of β-amino-alcohol motifs (C(OH)–C–C–N with tert-alkyl or cyclic N) is 1. The lowest BCUT2D eigenvalue weighted by atomic mass is 9.93. The Kier molecular flexibility index (Phi) is 6.39. The Bertz CT molecular complexity index is 965. The molecule has 0 spiro atoms. The molecule has 1 aromatic heterocycles. The van der Waals surface area contributed by atoms with Crippen molar-refractivity contribution >= 4 is 5.91 Å². The van der Waals surface area contributed by atoms with Gasteiger partial charge in [0, 0.05) is 44.5 Å². The van der Waals surface area contributed by atoms with E-state index in [4.69, 9.17) is 0 Å². The van der Waals surface area contributed by atoms with Crippen LogP contribution in [0.3, 0.4) is 0 Å². The van der Waals surface area contributed by atoms with E-state index in [2.05, 4.69) is 39.7 Å². The number of rotatable bonds is 4. The van der Waals surface area contributed by atoms with Crippen molar-refractivity contribution in [3.63, 3.8) is 0 Å². The summed E-state index contributed by atoms with van der Waals surface area (Å²) in [6, 6.07) is 9.09. The Morgan fingerprint density at radius 1 is 1.22 bits per heavy atom. The van der Waals surface area contributed by atoms with Gasteiger partial charge in [0.25, 0.3) is 5.91 Å². The number of fused-ring (bicyclic) bond motifs is 1. The molecule has 0 bridgehead atoms. The molecule has 2 aliphatic rings. The molecule has 2 aliphatic heterocycles. The van der Waals surface area contributed by atoms with E-state index in [0.29, 0.717) is 13.0 Å². The summed E-state index contributed by atoms with van der Waals surface area (Å²) in [6.07, 6.45) is -2.34. The number of piperidine rings is 1. The van der Waals surface area contributed by atoms with Crippen molar-refractivity contribution in [1.29, 1.82) is 0 Å². The van der Waals surface area contributed by atoms with Gasteiger partial charge in [-0.25, -0.2) is 4.98 Å². The number of aromatic nitrogens is 1. The molecule has 32 heavy (non-hydrogen) atoms. The summed E-state index contributed by atoms with van der Waals surface area (Å²) >= 11 is 0. The second-order valence-corrected chi connectivity index (χ2v) is 8.46. The third-order valence-electron chi connectivity index (χ3n) is 6.07. The van der Waals surface area contributed by atoms with Gasteiger partial charge in [0.15, 0.2) is 6.61 Å². The van der Waals surface area contributed by atoms with E-state index < -0.39 is 18.9 Å². The molecule has 1 aromatic carbocycles. The normalized spacial score (nSPS) is 21.8. The first-order chi connectivity index (χ1) is 15.2. The Labute approximate surface area is 184 Å². The van der Waals surface area contributed by atoms with Crippen molar-refractivity contribution in [3.05, 3.63) is 58.8 Å². The quantitative estimate of drug-likeness (QED) is 0.778. The van der Waals surface area contributed by atoms with Crippen LogP contribution in [0.4, 0.5) is 13.2 Å². The van der Waals surface area contributed by atoms with Crippen molar-refractivity contribution in [1.82, 2.24) is 14.8 Å². The lowest BCUT2D eigenvalue weighted by Crippen LogP contribution is -2.56. The molecule has 0 unspecified atom stereocenters. The summed E-state index contributed by atoms with van der Waals surface area (Å²) in [5.74, 6) is -0.505. The number of aryl methyl sites for hydroxylation is 1. The minimum Gasteiger partial charge on any atom is -0.468 e. The molecule has 2 atom stereocenters. The zero-order valence-corrected chi connectivity index (χ0v) is 17.8. The minimum atomic E-state index is -4.45. The lowest BCUT2D eigenvalue weighted by molar-refractivity contribution is -0.154. The second-order valence-electron chi connectivity index (χ2n) is 8.46. The topological polar surface area (TPSA) is 65.9 Å². The number of amides is 1. The largest absolute Gasteiger partial charge is 0.468 e. The molecule has 1 fully saturated rings. The Morgan fingerprint density at radius 2 is 2.03 bits per heavy atom. The number of aliphatic hydroxyl groups excluding tert-OH is 1. The first kappa shape index (κ1) is 22.5. The van der Waals surface area contributed by atoms with Gasteiger partial charge in [-0.2, -0.15) is 13.2 Å². The van der Waals surface area contributed by atoms with Gasteiger partial charge in [-0.3, -0.25) is 9.69 Å². The monoisotopic (exact) mass is 449 g/mol. The van der Waals surface area contributed by atoms with Crippen molar-refractivity contribution in [3.8, 4) is 5.88 Å². The maximum atomic E-state index is 12.8. The van der Waals surface area contributed by atoms with E-state index >= 15 is 0 Å². The number of aliphatic hydroxyl groups is 1. The third kappa shape index (κ3) is 5.21. The van der Waals surface area contributed by atoms with E-state index in [9.17, 15) is 23.1 Å². The number of alkyl halides is 3. The Morgan fingerprint density at radius 3 is 2.72 bits per heavy atom. The number of halogens is 3. The summed E-state index contributed by atoms with van der Waals surface area (Å²) in [4.78, 5) is 20.4. The maximum absolute atomic E-state index is 12.8. The summed E-state index contributed by atoms with van der Waals surface area (Å²) in [6.45, 7) is 3.00. The van der Waals surface area contributed by atoms with Gasteiger partial charge in [-0.15, -0.1) is 0 Å². The minimum absolute atomic E-state index is 0.0234. The van der Waals surface area contributed by atoms with Crippen molar-refractivity contribution in [2.24, 2.45) is 0 Å². The van der Waals surface area contributed by atoms with Crippen LogP contribution in [0.5, 0.6) is 5.88 Å². The molecule has 1 N–H and O–H groups in total. The number of hydrogen-bond acceptors (Lipinski definition) is 5.